The molecule has 0 atom stereocenters. The van der Waals surface area contributed by atoms with E-state index in [2.05, 4.69) is 50.9 Å². The molecule has 3 aromatic rings. The van der Waals surface area contributed by atoms with Gasteiger partial charge < -0.3 is 5.32 Å². The number of halogens is 1. The van der Waals surface area contributed by atoms with Crippen molar-refractivity contribution in [3.8, 4) is 5.69 Å². The van der Waals surface area contributed by atoms with Crippen molar-refractivity contribution in [3.63, 3.8) is 0 Å². The monoisotopic (exact) mass is 359 g/mol. The molecule has 0 saturated heterocycles. The normalized spacial score (nSPS) is 13.2. The van der Waals surface area contributed by atoms with Gasteiger partial charge in [-0.2, -0.15) is 5.10 Å². The lowest BCUT2D eigenvalue weighted by Crippen LogP contribution is -2.05. The van der Waals surface area contributed by atoms with Gasteiger partial charge in [-0.3, -0.25) is 0 Å². The Morgan fingerprint density at radius 3 is 2.95 bits per heavy atom. The summed E-state index contributed by atoms with van der Waals surface area (Å²) in [5.41, 5.74) is 3.63. The highest BCUT2D eigenvalue weighted by atomic mass is 79.9. The lowest BCUT2D eigenvalue weighted by atomic mass is 10.1. The first-order valence-corrected chi connectivity index (χ1v) is 8.62. The van der Waals surface area contributed by atoms with Crippen molar-refractivity contribution < 1.29 is 0 Å². The summed E-state index contributed by atoms with van der Waals surface area (Å²) >= 11 is 5.42. The maximum Gasteiger partial charge on any atom is 0.133 e. The van der Waals surface area contributed by atoms with Gasteiger partial charge in [0.05, 0.1) is 11.4 Å². The zero-order chi connectivity index (χ0) is 14.2. The van der Waals surface area contributed by atoms with Gasteiger partial charge in [0.15, 0.2) is 0 Å². The first kappa shape index (κ1) is 13.1. The second kappa shape index (κ2) is 5.31. The molecule has 0 radical (unpaired) electrons. The molecular weight excluding hydrogens is 346 g/mol. The van der Waals surface area contributed by atoms with Crippen LogP contribution in [0.3, 0.4) is 0 Å². The molecule has 106 valence electrons. The van der Waals surface area contributed by atoms with E-state index in [-0.39, 0.29) is 0 Å². The smallest absolute Gasteiger partial charge is 0.133 e. The van der Waals surface area contributed by atoms with Crippen LogP contribution >= 0.6 is 27.3 Å². The highest BCUT2D eigenvalue weighted by Gasteiger charge is 2.23. The van der Waals surface area contributed by atoms with E-state index in [9.17, 15) is 0 Å². The number of hydrogen-bond acceptors (Lipinski definition) is 3. The van der Waals surface area contributed by atoms with E-state index < -0.39 is 0 Å². The molecule has 1 aliphatic rings. The van der Waals surface area contributed by atoms with Crippen molar-refractivity contribution in [1.29, 1.82) is 0 Å². The fourth-order valence-electron chi connectivity index (χ4n) is 2.76. The van der Waals surface area contributed by atoms with E-state index in [0.29, 0.717) is 0 Å². The molecule has 1 N–H and O–H groups in total. The Labute approximate surface area is 135 Å². The minimum atomic E-state index is 0.916. The molecule has 21 heavy (non-hydrogen) atoms. The zero-order valence-electron chi connectivity index (χ0n) is 11.3. The molecule has 0 amide bonds. The average Bonchev–Trinajstić information content (AvgIpc) is 3.19. The summed E-state index contributed by atoms with van der Waals surface area (Å²) in [6.07, 6.45) is 1.97. The molecule has 5 heteroatoms. The molecule has 0 unspecified atom stereocenters. The Balaban J connectivity index is 1.81. The van der Waals surface area contributed by atoms with Gasteiger partial charge in [0.2, 0.25) is 0 Å². The number of nitrogens with zero attached hydrogens (tertiary/aromatic N) is 2. The van der Waals surface area contributed by atoms with E-state index in [4.69, 9.17) is 5.10 Å². The van der Waals surface area contributed by atoms with E-state index >= 15 is 0 Å². The molecule has 0 saturated carbocycles. The largest absolute Gasteiger partial charge is 0.369 e. The molecule has 2 aromatic heterocycles. The molecular formula is C16H14BrN3S. The minimum absolute atomic E-state index is 0.916. The number of fused-ring (bicyclic) bond motifs is 1. The second-order valence-electron chi connectivity index (χ2n) is 5.07. The van der Waals surface area contributed by atoms with Crippen LogP contribution in [0.2, 0.25) is 0 Å². The maximum atomic E-state index is 4.87. The van der Waals surface area contributed by atoms with Gasteiger partial charge in [-0.1, -0.05) is 18.2 Å². The van der Waals surface area contributed by atoms with Gasteiger partial charge in [-0.15, -0.1) is 11.3 Å². The Kier molecular flexibility index (Phi) is 3.31. The third-order valence-electron chi connectivity index (χ3n) is 3.74. The zero-order valence-corrected chi connectivity index (χ0v) is 13.7. The lowest BCUT2D eigenvalue weighted by Gasteiger charge is -2.08. The standard InChI is InChI=1S/C16H14BrN3S/c17-13-5-1-2-6-15(13)20-16-12(7-8-18-16)14(19-20)10-11-4-3-9-21-11/h1-6,9,18H,7-8,10H2. The van der Waals surface area contributed by atoms with Gasteiger partial charge in [-0.25, -0.2) is 4.68 Å². The molecule has 0 spiro atoms. The number of para-hydroxylation sites is 1. The minimum Gasteiger partial charge on any atom is -0.369 e. The maximum absolute atomic E-state index is 4.87. The number of nitrogens with one attached hydrogen (secondary N) is 1. The predicted octanol–water partition coefficient (Wildman–Crippen LogP) is 4.26. The van der Waals surface area contributed by atoms with Gasteiger partial charge in [-0.05, 0) is 45.9 Å². The van der Waals surface area contributed by atoms with E-state index in [1.54, 1.807) is 11.3 Å². The number of rotatable bonds is 3. The van der Waals surface area contributed by atoms with Crippen LogP contribution < -0.4 is 5.32 Å². The number of benzene rings is 1. The molecule has 3 nitrogen and oxygen atoms in total. The average molecular weight is 360 g/mol. The van der Waals surface area contributed by atoms with Crippen molar-refractivity contribution in [2.75, 3.05) is 11.9 Å². The van der Waals surface area contributed by atoms with Crippen molar-refractivity contribution in [2.45, 2.75) is 12.8 Å². The van der Waals surface area contributed by atoms with Crippen LogP contribution in [0.25, 0.3) is 5.69 Å². The summed E-state index contributed by atoms with van der Waals surface area (Å²) in [6.45, 7) is 0.995. The van der Waals surface area contributed by atoms with Crippen molar-refractivity contribution >= 4 is 33.1 Å². The second-order valence-corrected chi connectivity index (χ2v) is 6.96. The Morgan fingerprint density at radius 2 is 2.14 bits per heavy atom. The SMILES string of the molecule is Brc1ccccc1-n1nc(Cc2cccs2)c2c1NCC2. The highest BCUT2D eigenvalue weighted by Crippen LogP contribution is 2.32. The van der Waals surface area contributed by atoms with E-state index in [1.807, 2.05) is 16.8 Å². The Hall–Kier alpha value is -1.59. The summed E-state index contributed by atoms with van der Waals surface area (Å²) in [5.74, 6) is 1.15. The lowest BCUT2D eigenvalue weighted by molar-refractivity contribution is 0.839. The van der Waals surface area contributed by atoms with Crippen LogP contribution in [0.4, 0.5) is 5.82 Å². The molecule has 1 aliphatic heterocycles. The molecule has 0 bridgehead atoms. The van der Waals surface area contributed by atoms with Crippen LogP contribution in [-0.4, -0.2) is 16.3 Å². The highest BCUT2D eigenvalue weighted by molar-refractivity contribution is 9.10. The first-order valence-electron chi connectivity index (χ1n) is 6.95. The predicted molar refractivity (Wildman–Crippen MR) is 90.6 cm³/mol. The molecule has 0 fully saturated rings. The van der Waals surface area contributed by atoms with E-state index in [0.717, 1.165) is 35.4 Å². The Bertz CT molecular complexity index is 777. The van der Waals surface area contributed by atoms with Crippen molar-refractivity contribution in [2.24, 2.45) is 0 Å². The number of aromatic nitrogens is 2. The summed E-state index contributed by atoms with van der Waals surface area (Å²) in [4.78, 5) is 1.36. The fraction of sp³-hybridized carbons (Fsp3) is 0.188. The summed E-state index contributed by atoms with van der Waals surface area (Å²) < 4.78 is 3.10. The van der Waals surface area contributed by atoms with Crippen LogP contribution in [0, 0.1) is 0 Å². The Morgan fingerprint density at radius 1 is 1.24 bits per heavy atom. The third kappa shape index (κ3) is 2.30. The van der Waals surface area contributed by atoms with Crippen molar-refractivity contribution in [1.82, 2.24) is 9.78 Å². The number of hydrogen-bond donors (Lipinski definition) is 1. The van der Waals surface area contributed by atoms with Crippen LogP contribution in [-0.2, 0) is 12.8 Å². The molecule has 0 aliphatic carbocycles. The summed E-state index contributed by atoms with van der Waals surface area (Å²) in [7, 11) is 0. The van der Waals surface area contributed by atoms with Crippen LogP contribution in [0.5, 0.6) is 0 Å². The third-order valence-corrected chi connectivity index (χ3v) is 5.28. The van der Waals surface area contributed by atoms with Gasteiger partial charge >= 0.3 is 0 Å². The molecule has 4 rings (SSSR count). The number of thiophene rings is 1. The molecule has 3 heterocycles. The topological polar surface area (TPSA) is 29.9 Å². The fourth-order valence-corrected chi connectivity index (χ4v) is 3.93. The van der Waals surface area contributed by atoms with Gasteiger partial charge in [0, 0.05) is 27.9 Å². The number of anilines is 1. The van der Waals surface area contributed by atoms with Crippen LogP contribution in [0.15, 0.2) is 46.3 Å². The quantitative estimate of drug-likeness (QED) is 0.757. The van der Waals surface area contributed by atoms with E-state index in [1.165, 1.54) is 16.1 Å². The van der Waals surface area contributed by atoms with Gasteiger partial charge in [0.25, 0.3) is 0 Å². The molecule has 1 aromatic carbocycles. The summed E-state index contributed by atoms with van der Waals surface area (Å²) in [6, 6.07) is 12.5. The van der Waals surface area contributed by atoms with Crippen LogP contribution in [0.1, 0.15) is 16.1 Å². The van der Waals surface area contributed by atoms with Gasteiger partial charge in [0.1, 0.15) is 5.82 Å². The summed E-state index contributed by atoms with van der Waals surface area (Å²) in [5, 5.41) is 10.5. The first-order chi connectivity index (χ1) is 10.3. The van der Waals surface area contributed by atoms with Crippen molar-refractivity contribution in [3.05, 3.63) is 62.4 Å².